The van der Waals surface area contributed by atoms with Gasteiger partial charge in [-0.3, -0.25) is 15.0 Å². The Labute approximate surface area is 213 Å². The lowest BCUT2D eigenvalue weighted by Crippen LogP contribution is -2.45. The van der Waals surface area contributed by atoms with Crippen LogP contribution in [0.3, 0.4) is 0 Å². The number of aromatic nitrogens is 2. The van der Waals surface area contributed by atoms with Crippen molar-refractivity contribution in [2.75, 3.05) is 13.1 Å². The maximum absolute atomic E-state index is 13.0. The van der Waals surface area contributed by atoms with Crippen LogP contribution >= 0.6 is 27.5 Å². The summed E-state index contributed by atoms with van der Waals surface area (Å²) >= 11 is 10.0. The van der Waals surface area contributed by atoms with Crippen molar-refractivity contribution in [3.05, 3.63) is 92.4 Å². The third kappa shape index (κ3) is 4.34. The number of nitrogens with zero attached hydrogens (tertiary/aromatic N) is 3. The predicted molar refractivity (Wildman–Crippen MR) is 134 cm³/mol. The molecule has 0 saturated carbocycles. The molecule has 176 valence electrons. The van der Waals surface area contributed by atoms with Gasteiger partial charge in [-0.2, -0.15) is 0 Å². The quantitative estimate of drug-likeness (QED) is 0.379. The number of rotatable bonds is 3. The number of carbonyl (C=O) groups is 1. The van der Waals surface area contributed by atoms with E-state index >= 15 is 0 Å². The Morgan fingerprint density at radius 1 is 1.18 bits per heavy atom. The van der Waals surface area contributed by atoms with E-state index in [1.165, 1.54) is 16.7 Å². The molecule has 5 nitrogen and oxygen atoms in total. The Morgan fingerprint density at radius 2 is 1.88 bits per heavy atom. The van der Waals surface area contributed by atoms with Crippen molar-refractivity contribution in [2.24, 2.45) is 5.92 Å². The molecule has 1 amide bonds. The molecule has 3 aromatic rings. The zero-order valence-corrected chi connectivity index (χ0v) is 21.5. The number of aryl methyl sites for hydroxylation is 2. The standard InChI is InChI=1S/C27H28BrClN3O2/c1-27(21-8-10-31(11-9-21)25(33)14-18-6-12-32(34)13-7-18)24-5-4-23(29)16-19(24)2-3-20-15-22(28)17-30-26(20)27/h4-7,12-13,15-17,21,34H,2-3,8-11,14H2,1H3/q+1. The minimum Gasteiger partial charge on any atom is -0.342 e. The van der Waals surface area contributed by atoms with E-state index in [1.807, 2.05) is 17.2 Å². The number of likely N-dealkylation sites (tertiary alicyclic amines) is 1. The molecule has 1 aliphatic carbocycles. The van der Waals surface area contributed by atoms with Gasteiger partial charge in [0.2, 0.25) is 18.3 Å². The number of hydrogen-bond acceptors (Lipinski definition) is 3. The summed E-state index contributed by atoms with van der Waals surface area (Å²) in [5.41, 5.74) is 5.72. The van der Waals surface area contributed by atoms with Gasteiger partial charge in [-0.15, -0.1) is 0 Å². The maximum atomic E-state index is 13.0. The van der Waals surface area contributed by atoms with Crippen LogP contribution in [0.5, 0.6) is 0 Å². The van der Waals surface area contributed by atoms with Gasteiger partial charge in [0.1, 0.15) is 0 Å². The third-order valence-electron chi connectivity index (χ3n) is 7.62. The first-order valence-corrected chi connectivity index (χ1v) is 12.9. The number of carbonyl (C=O) groups excluding carboxylic acids is 1. The molecule has 0 bridgehead atoms. The number of hydrogen-bond donors (Lipinski definition) is 1. The summed E-state index contributed by atoms with van der Waals surface area (Å²) in [7, 11) is 0. The molecule has 1 aliphatic heterocycles. The second-order valence-electron chi connectivity index (χ2n) is 9.58. The fourth-order valence-corrected chi connectivity index (χ4v) is 6.36. The predicted octanol–water partition coefficient (Wildman–Crippen LogP) is 4.91. The van der Waals surface area contributed by atoms with Gasteiger partial charge in [0.15, 0.2) is 0 Å². The molecular weight excluding hydrogens is 514 g/mol. The molecule has 1 fully saturated rings. The normalized spacial score (nSPS) is 20.4. The monoisotopic (exact) mass is 540 g/mol. The van der Waals surface area contributed by atoms with E-state index in [1.54, 1.807) is 24.5 Å². The molecule has 2 aliphatic rings. The van der Waals surface area contributed by atoms with Gasteiger partial charge in [-0.25, -0.2) is 0 Å². The maximum Gasteiger partial charge on any atom is 0.226 e. The largest absolute Gasteiger partial charge is 0.342 e. The van der Waals surface area contributed by atoms with Crippen LogP contribution in [0.2, 0.25) is 5.02 Å². The van der Waals surface area contributed by atoms with Crippen LogP contribution in [0.15, 0.2) is 59.5 Å². The minimum atomic E-state index is -0.240. The van der Waals surface area contributed by atoms with Gasteiger partial charge in [-0.05, 0) is 94.9 Å². The lowest BCUT2D eigenvalue weighted by molar-refractivity contribution is -0.904. The molecule has 0 radical (unpaired) electrons. The molecule has 34 heavy (non-hydrogen) atoms. The smallest absolute Gasteiger partial charge is 0.226 e. The molecule has 3 heterocycles. The average Bonchev–Trinajstić information content (AvgIpc) is 2.95. The first-order chi connectivity index (χ1) is 16.3. The molecule has 1 aromatic carbocycles. The molecule has 1 unspecified atom stereocenters. The summed E-state index contributed by atoms with van der Waals surface area (Å²) in [6.45, 7) is 3.81. The zero-order valence-electron chi connectivity index (χ0n) is 19.2. The van der Waals surface area contributed by atoms with Crippen molar-refractivity contribution in [2.45, 2.75) is 44.4 Å². The van der Waals surface area contributed by atoms with Crippen molar-refractivity contribution in [1.82, 2.24) is 9.88 Å². The second-order valence-corrected chi connectivity index (χ2v) is 10.9. The molecule has 7 heteroatoms. The molecule has 2 aromatic heterocycles. The van der Waals surface area contributed by atoms with E-state index in [0.29, 0.717) is 12.3 Å². The first kappa shape index (κ1) is 23.3. The summed E-state index contributed by atoms with van der Waals surface area (Å²) in [4.78, 5) is 19.9. The Kier molecular flexibility index (Phi) is 6.38. The minimum absolute atomic E-state index is 0.134. The van der Waals surface area contributed by atoms with Crippen LogP contribution in [0.25, 0.3) is 0 Å². The highest BCUT2D eigenvalue weighted by atomic mass is 79.9. The number of piperidine rings is 1. The van der Waals surface area contributed by atoms with E-state index in [-0.39, 0.29) is 11.3 Å². The van der Waals surface area contributed by atoms with Gasteiger partial charge < -0.3 is 4.90 Å². The Balaban J connectivity index is 1.41. The van der Waals surface area contributed by atoms with Crippen LogP contribution < -0.4 is 4.73 Å². The molecule has 0 spiro atoms. The van der Waals surface area contributed by atoms with Crippen LogP contribution in [-0.4, -0.2) is 34.1 Å². The molecule has 1 atom stereocenters. The Hall–Kier alpha value is -2.44. The van der Waals surface area contributed by atoms with Crippen molar-refractivity contribution in [3.8, 4) is 0 Å². The highest BCUT2D eigenvalue weighted by molar-refractivity contribution is 9.10. The highest BCUT2D eigenvalue weighted by Gasteiger charge is 2.44. The lowest BCUT2D eigenvalue weighted by Gasteiger charge is -2.43. The van der Waals surface area contributed by atoms with Crippen LogP contribution in [0, 0.1) is 5.92 Å². The number of amides is 1. The number of pyridine rings is 2. The Bertz CT molecular complexity index is 1170. The van der Waals surface area contributed by atoms with Gasteiger partial charge in [0, 0.05) is 51.1 Å². The van der Waals surface area contributed by atoms with Gasteiger partial charge in [-0.1, -0.05) is 17.7 Å². The summed E-state index contributed by atoms with van der Waals surface area (Å²) in [6, 6.07) is 12.1. The van der Waals surface area contributed by atoms with E-state index in [2.05, 4.69) is 41.1 Å². The van der Waals surface area contributed by atoms with E-state index < -0.39 is 0 Å². The van der Waals surface area contributed by atoms with Gasteiger partial charge in [0.25, 0.3) is 0 Å². The second kappa shape index (κ2) is 9.31. The fourth-order valence-electron chi connectivity index (χ4n) is 5.79. The van der Waals surface area contributed by atoms with E-state index in [0.717, 1.165) is 64.3 Å². The number of fused-ring (bicyclic) bond motifs is 2. The number of benzene rings is 1. The molecule has 1 saturated heterocycles. The fraction of sp³-hybridized carbons (Fsp3) is 0.370. The summed E-state index contributed by atoms with van der Waals surface area (Å²) in [5, 5.41) is 10.2. The molecule has 5 rings (SSSR count). The van der Waals surface area contributed by atoms with Crippen molar-refractivity contribution >= 4 is 33.4 Å². The first-order valence-electron chi connectivity index (χ1n) is 11.8. The lowest BCUT2D eigenvalue weighted by atomic mass is 9.64. The van der Waals surface area contributed by atoms with Gasteiger partial charge >= 0.3 is 0 Å². The van der Waals surface area contributed by atoms with Crippen LogP contribution in [-0.2, 0) is 29.5 Å². The van der Waals surface area contributed by atoms with Crippen LogP contribution in [0.1, 0.15) is 47.7 Å². The average molecular weight is 542 g/mol. The van der Waals surface area contributed by atoms with Crippen molar-refractivity contribution in [1.29, 1.82) is 0 Å². The SMILES string of the molecule is CC1(C2CCN(C(=O)Cc3cc[n+](O)cc3)CC2)c2ccc(Cl)cc2CCc2cc(Br)cnc21. The van der Waals surface area contributed by atoms with E-state index in [9.17, 15) is 10.0 Å². The van der Waals surface area contributed by atoms with Crippen molar-refractivity contribution < 1.29 is 14.7 Å². The van der Waals surface area contributed by atoms with E-state index in [4.69, 9.17) is 16.6 Å². The Morgan fingerprint density at radius 3 is 2.62 bits per heavy atom. The highest BCUT2D eigenvalue weighted by Crippen LogP contribution is 2.48. The summed E-state index contributed by atoms with van der Waals surface area (Å²) in [6.07, 6.45) is 9.09. The molecular formula is C27H28BrClN3O2+. The topological polar surface area (TPSA) is 57.3 Å². The van der Waals surface area contributed by atoms with Crippen LogP contribution in [0.4, 0.5) is 0 Å². The third-order valence-corrected chi connectivity index (χ3v) is 8.29. The number of halogens is 2. The van der Waals surface area contributed by atoms with Gasteiger partial charge in [0.05, 0.1) is 12.1 Å². The zero-order chi connectivity index (χ0) is 23.9. The van der Waals surface area contributed by atoms with Crippen molar-refractivity contribution in [3.63, 3.8) is 0 Å². The summed E-state index contributed by atoms with van der Waals surface area (Å²) < 4.78 is 1.99. The summed E-state index contributed by atoms with van der Waals surface area (Å²) in [5.74, 6) is 0.502. The molecule has 1 N–H and O–H groups in total.